The Labute approximate surface area is 249 Å². The molecule has 1 aromatic rings. The fourth-order valence-corrected chi connectivity index (χ4v) is 3.87. The van der Waals surface area contributed by atoms with E-state index in [1.54, 1.807) is 13.8 Å². The SMILES string of the molecule is CCC(C)COC(=O)Oc1ccc(C(C(C)C(C)OC(=O)CC(C)CC)[C@H](N)C(=O)O)cc1OC(=O)OCC(C)CC. The molecule has 0 spiro atoms. The number of carbonyl (C=O) groups is 4. The van der Waals surface area contributed by atoms with Crippen molar-refractivity contribution in [1.29, 1.82) is 0 Å². The highest BCUT2D eigenvalue weighted by molar-refractivity contribution is 5.75. The van der Waals surface area contributed by atoms with E-state index in [2.05, 4.69) is 0 Å². The minimum atomic E-state index is -1.40. The smallest absolute Gasteiger partial charge is 0.480 e. The van der Waals surface area contributed by atoms with Crippen LogP contribution >= 0.6 is 0 Å². The van der Waals surface area contributed by atoms with Gasteiger partial charge in [0.1, 0.15) is 12.1 Å². The van der Waals surface area contributed by atoms with E-state index in [1.807, 2.05) is 41.5 Å². The van der Waals surface area contributed by atoms with Crippen molar-refractivity contribution in [3.05, 3.63) is 23.8 Å². The number of hydrogen-bond donors (Lipinski definition) is 2. The van der Waals surface area contributed by atoms with E-state index in [0.29, 0.717) is 5.56 Å². The number of hydrogen-bond acceptors (Lipinski definition) is 10. The highest BCUT2D eigenvalue weighted by atomic mass is 16.7. The van der Waals surface area contributed by atoms with Crippen molar-refractivity contribution < 1.29 is 48.0 Å². The van der Waals surface area contributed by atoms with E-state index >= 15 is 0 Å². The van der Waals surface area contributed by atoms with Gasteiger partial charge in [0.2, 0.25) is 0 Å². The topological polar surface area (TPSA) is 161 Å². The predicted octanol–water partition coefficient (Wildman–Crippen LogP) is 6.31. The summed E-state index contributed by atoms with van der Waals surface area (Å²) in [4.78, 5) is 49.4. The van der Waals surface area contributed by atoms with Crippen molar-refractivity contribution in [2.24, 2.45) is 29.4 Å². The van der Waals surface area contributed by atoms with E-state index in [0.717, 1.165) is 19.3 Å². The molecule has 6 unspecified atom stereocenters. The first kappa shape index (κ1) is 36.7. The van der Waals surface area contributed by atoms with E-state index in [9.17, 15) is 24.3 Å². The fourth-order valence-electron chi connectivity index (χ4n) is 3.87. The minimum absolute atomic E-state index is 0.0958. The van der Waals surface area contributed by atoms with Gasteiger partial charge in [0.05, 0.1) is 13.2 Å². The van der Waals surface area contributed by atoms with Crippen molar-refractivity contribution in [3.8, 4) is 11.5 Å². The molecule has 42 heavy (non-hydrogen) atoms. The molecule has 3 N–H and O–H groups in total. The minimum Gasteiger partial charge on any atom is -0.480 e. The summed E-state index contributed by atoms with van der Waals surface area (Å²) in [6, 6.07) is 2.87. The first-order valence-electron chi connectivity index (χ1n) is 14.7. The maximum atomic E-state index is 12.5. The van der Waals surface area contributed by atoms with E-state index < -0.39 is 42.3 Å². The summed E-state index contributed by atoms with van der Waals surface area (Å²) in [5, 5.41) is 9.81. The van der Waals surface area contributed by atoms with Crippen LogP contribution in [0.4, 0.5) is 9.59 Å². The van der Waals surface area contributed by atoms with Crippen LogP contribution in [-0.4, -0.2) is 54.7 Å². The van der Waals surface area contributed by atoms with Crippen LogP contribution in [0.1, 0.15) is 92.6 Å². The lowest BCUT2D eigenvalue weighted by Crippen LogP contribution is -2.42. The van der Waals surface area contributed by atoms with Gasteiger partial charge in [0.25, 0.3) is 0 Å². The van der Waals surface area contributed by atoms with Crippen molar-refractivity contribution >= 4 is 24.2 Å². The first-order valence-corrected chi connectivity index (χ1v) is 14.7. The first-order chi connectivity index (χ1) is 19.7. The number of esters is 1. The van der Waals surface area contributed by atoms with Gasteiger partial charge in [0.15, 0.2) is 11.5 Å². The Kier molecular flexibility index (Phi) is 15.9. The summed E-state index contributed by atoms with van der Waals surface area (Å²) in [5.74, 6) is -3.05. The quantitative estimate of drug-likeness (QED) is 0.118. The van der Waals surface area contributed by atoms with Gasteiger partial charge in [-0.3, -0.25) is 9.59 Å². The Bertz CT molecular complexity index is 1030. The zero-order valence-electron chi connectivity index (χ0n) is 26.2. The number of aliphatic carboxylic acids is 1. The molecule has 1 aromatic carbocycles. The van der Waals surface area contributed by atoms with E-state index in [-0.39, 0.29) is 54.9 Å². The third kappa shape index (κ3) is 12.3. The number of benzene rings is 1. The number of carboxylic acids is 1. The van der Waals surface area contributed by atoms with Crippen LogP contribution in [0.25, 0.3) is 0 Å². The number of carboxylic acid groups (broad SMARTS) is 1. The molecule has 0 aliphatic heterocycles. The summed E-state index contributed by atoms with van der Waals surface area (Å²) < 4.78 is 26.7. The highest BCUT2D eigenvalue weighted by Crippen LogP contribution is 2.37. The van der Waals surface area contributed by atoms with Gasteiger partial charge in [-0.2, -0.15) is 0 Å². The van der Waals surface area contributed by atoms with Crippen LogP contribution in [0.3, 0.4) is 0 Å². The second-order valence-electron chi connectivity index (χ2n) is 11.2. The zero-order chi connectivity index (χ0) is 32.0. The third-order valence-corrected chi connectivity index (χ3v) is 7.61. The van der Waals surface area contributed by atoms with Crippen LogP contribution in [-0.2, 0) is 23.8 Å². The van der Waals surface area contributed by atoms with Gasteiger partial charge in [0, 0.05) is 18.3 Å². The molecule has 0 aliphatic carbocycles. The average molecular weight is 596 g/mol. The lowest BCUT2D eigenvalue weighted by Gasteiger charge is -2.32. The molecule has 0 bridgehead atoms. The highest BCUT2D eigenvalue weighted by Gasteiger charge is 2.36. The lowest BCUT2D eigenvalue weighted by atomic mass is 9.79. The third-order valence-electron chi connectivity index (χ3n) is 7.61. The molecule has 0 amide bonds. The number of carbonyl (C=O) groups excluding carboxylic acids is 3. The summed E-state index contributed by atoms with van der Waals surface area (Å²) in [7, 11) is 0. The molecule has 0 saturated carbocycles. The zero-order valence-corrected chi connectivity index (χ0v) is 26.2. The Hall–Kier alpha value is -3.34. The van der Waals surface area contributed by atoms with Crippen LogP contribution in [0.5, 0.6) is 11.5 Å². The van der Waals surface area contributed by atoms with Crippen molar-refractivity contribution in [2.75, 3.05) is 13.2 Å². The monoisotopic (exact) mass is 595 g/mol. The second kappa shape index (κ2) is 18.3. The Morgan fingerprint density at radius 3 is 1.76 bits per heavy atom. The van der Waals surface area contributed by atoms with Gasteiger partial charge in [-0.05, 0) is 42.4 Å². The van der Waals surface area contributed by atoms with Gasteiger partial charge < -0.3 is 34.5 Å². The van der Waals surface area contributed by atoms with E-state index in [4.69, 9.17) is 29.4 Å². The molecular weight excluding hydrogens is 546 g/mol. The predicted molar refractivity (Wildman–Crippen MR) is 156 cm³/mol. The molecule has 7 atom stereocenters. The fraction of sp³-hybridized carbons (Fsp3) is 0.677. The van der Waals surface area contributed by atoms with Crippen molar-refractivity contribution in [1.82, 2.24) is 0 Å². The molecule has 0 aliphatic rings. The normalized spacial score (nSPS) is 16.1. The summed E-state index contributed by atoms with van der Waals surface area (Å²) in [6.07, 6.45) is -0.0702. The van der Waals surface area contributed by atoms with E-state index in [1.165, 1.54) is 18.2 Å². The molecule has 11 heteroatoms. The van der Waals surface area contributed by atoms with Crippen LogP contribution < -0.4 is 15.2 Å². The Morgan fingerprint density at radius 2 is 1.29 bits per heavy atom. The van der Waals surface area contributed by atoms with Gasteiger partial charge >= 0.3 is 24.2 Å². The van der Waals surface area contributed by atoms with Crippen LogP contribution in [0.15, 0.2) is 18.2 Å². The van der Waals surface area contributed by atoms with Gasteiger partial charge in [-0.25, -0.2) is 9.59 Å². The Morgan fingerprint density at radius 1 is 0.786 bits per heavy atom. The summed E-state index contributed by atoms with van der Waals surface area (Å²) in [6.45, 7) is 15.3. The maximum Gasteiger partial charge on any atom is 0.513 e. The molecule has 0 heterocycles. The number of rotatable bonds is 17. The molecular formula is C31H49NO10. The molecule has 0 saturated heterocycles. The van der Waals surface area contributed by atoms with Crippen molar-refractivity contribution in [3.63, 3.8) is 0 Å². The molecule has 0 radical (unpaired) electrons. The molecule has 238 valence electrons. The van der Waals surface area contributed by atoms with Crippen LogP contribution in [0, 0.1) is 23.7 Å². The van der Waals surface area contributed by atoms with Crippen molar-refractivity contribution in [2.45, 2.75) is 99.1 Å². The maximum absolute atomic E-state index is 12.5. The van der Waals surface area contributed by atoms with Crippen LogP contribution in [0.2, 0.25) is 0 Å². The molecule has 0 fully saturated rings. The lowest BCUT2D eigenvalue weighted by molar-refractivity contribution is -0.152. The van der Waals surface area contributed by atoms with Gasteiger partial charge in [-0.1, -0.05) is 73.8 Å². The second-order valence-corrected chi connectivity index (χ2v) is 11.2. The number of nitrogens with two attached hydrogens (primary N) is 1. The molecule has 11 nitrogen and oxygen atoms in total. The Balaban J connectivity index is 3.39. The van der Waals surface area contributed by atoms with Gasteiger partial charge in [-0.15, -0.1) is 0 Å². The molecule has 0 aromatic heterocycles. The average Bonchev–Trinajstić information content (AvgIpc) is 2.95. The summed E-state index contributed by atoms with van der Waals surface area (Å²) in [5.41, 5.74) is 6.50. The molecule has 1 rings (SSSR count). The number of ether oxygens (including phenoxy) is 5. The summed E-state index contributed by atoms with van der Waals surface area (Å²) >= 11 is 0. The standard InChI is InChI=1S/C31H49NO10/c1-9-18(4)14-26(33)40-22(8)21(7)27(28(32)29(34)35)23-12-13-24(41-30(36)38-16-19(5)10-2)25(15-23)42-31(37)39-17-20(6)11-3/h12-13,15,18-22,27-28H,9-11,14,16-17,32H2,1-8H3,(H,34,35)/t18?,19?,20?,21?,22?,27?,28-/m0/s1. The largest absolute Gasteiger partial charge is 0.513 e.